The summed E-state index contributed by atoms with van der Waals surface area (Å²) in [6.45, 7) is 4.74. The van der Waals surface area contributed by atoms with Crippen LogP contribution in [0.3, 0.4) is 0 Å². The van der Waals surface area contributed by atoms with E-state index in [0.717, 1.165) is 18.4 Å². The molecule has 3 amide bonds. The Morgan fingerprint density at radius 1 is 0.828 bits per heavy atom. The number of carbonyl (C=O) groups is 3. The third-order valence-electron chi connectivity index (χ3n) is 5.06. The number of aryl methyl sites for hydroxylation is 2. The largest absolute Gasteiger partial charge is 0.346 e. The number of anilines is 2. The smallest absolute Gasteiger partial charge is 0.251 e. The number of amides is 3. The van der Waals surface area contributed by atoms with E-state index in [1.807, 2.05) is 6.92 Å². The number of rotatable bonds is 5. The zero-order valence-electron chi connectivity index (χ0n) is 17.1. The van der Waals surface area contributed by atoms with Gasteiger partial charge < -0.3 is 16.0 Å². The van der Waals surface area contributed by atoms with Gasteiger partial charge in [-0.15, -0.1) is 0 Å². The standard InChI is InChI=1S/C23H27N3O3/c1-14(18-9-8-17-6-4-5-7-19(17)10-18)24-23(29)20-11-21(25-15(2)27)13-22(12-20)26-16(3)28/h8-14H,4-7H2,1-3H3,(H,24,29)(H,25,27)(H,26,28)/t14-/m1/s1. The van der Waals surface area contributed by atoms with Gasteiger partial charge in [-0.3, -0.25) is 14.4 Å². The highest BCUT2D eigenvalue weighted by Gasteiger charge is 2.16. The normalized spacial score (nSPS) is 13.8. The van der Waals surface area contributed by atoms with Crippen molar-refractivity contribution < 1.29 is 14.4 Å². The second kappa shape index (κ2) is 8.90. The van der Waals surface area contributed by atoms with Crippen LogP contribution in [0.5, 0.6) is 0 Å². The number of hydrogen-bond acceptors (Lipinski definition) is 3. The van der Waals surface area contributed by atoms with Gasteiger partial charge in [-0.2, -0.15) is 0 Å². The van der Waals surface area contributed by atoms with Gasteiger partial charge in [0.25, 0.3) is 5.91 Å². The van der Waals surface area contributed by atoms with E-state index in [9.17, 15) is 14.4 Å². The molecule has 0 heterocycles. The van der Waals surface area contributed by atoms with Gasteiger partial charge in [-0.05, 0) is 67.5 Å². The molecule has 0 bridgehead atoms. The molecule has 0 saturated heterocycles. The molecule has 0 radical (unpaired) electrons. The van der Waals surface area contributed by atoms with Crippen LogP contribution in [0.2, 0.25) is 0 Å². The predicted octanol–water partition coefficient (Wildman–Crippen LogP) is 3.97. The molecule has 6 nitrogen and oxygen atoms in total. The second-order valence-corrected chi connectivity index (χ2v) is 7.59. The Bertz CT molecular complexity index is 918. The van der Waals surface area contributed by atoms with Crippen molar-refractivity contribution >= 4 is 29.1 Å². The van der Waals surface area contributed by atoms with Gasteiger partial charge >= 0.3 is 0 Å². The van der Waals surface area contributed by atoms with Gasteiger partial charge in [0.2, 0.25) is 11.8 Å². The predicted molar refractivity (Wildman–Crippen MR) is 114 cm³/mol. The van der Waals surface area contributed by atoms with Gasteiger partial charge in [0.05, 0.1) is 6.04 Å². The van der Waals surface area contributed by atoms with Crippen molar-refractivity contribution in [3.63, 3.8) is 0 Å². The van der Waals surface area contributed by atoms with Crippen molar-refractivity contribution in [1.29, 1.82) is 0 Å². The molecule has 6 heteroatoms. The van der Waals surface area contributed by atoms with Crippen molar-refractivity contribution in [2.75, 3.05) is 10.6 Å². The zero-order valence-corrected chi connectivity index (χ0v) is 17.1. The SMILES string of the molecule is CC(=O)Nc1cc(NC(C)=O)cc(C(=O)N[C@H](C)c2ccc3c(c2)CCCC3)c1. The molecule has 0 aliphatic heterocycles. The maximum Gasteiger partial charge on any atom is 0.251 e. The zero-order chi connectivity index (χ0) is 21.0. The fourth-order valence-corrected chi connectivity index (χ4v) is 3.70. The maximum atomic E-state index is 12.9. The Hall–Kier alpha value is -3.15. The van der Waals surface area contributed by atoms with E-state index in [1.165, 1.54) is 37.8 Å². The summed E-state index contributed by atoms with van der Waals surface area (Å²) >= 11 is 0. The molecule has 0 spiro atoms. The second-order valence-electron chi connectivity index (χ2n) is 7.59. The molecule has 0 fully saturated rings. The number of benzene rings is 2. The van der Waals surface area contributed by atoms with Crippen LogP contribution in [0.4, 0.5) is 11.4 Å². The van der Waals surface area contributed by atoms with Gasteiger partial charge in [-0.25, -0.2) is 0 Å². The van der Waals surface area contributed by atoms with Crippen molar-refractivity contribution in [2.24, 2.45) is 0 Å². The first-order valence-electron chi connectivity index (χ1n) is 9.94. The molecular weight excluding hydrogens is 366 g/mol. The highest BCUT2D eigenvalue weighted by molar-refractivity contribution is 6.00. The first kappa shape index (κ1) is 20.6. The first-order chi connectivity index (χ1) is 13.8. The number of carbonyl (C=O) groups excluding carboxylic acids is 3. The van der Waals surface area contributed by atoms with Crippen molar-refractivity contribution in [3.8, 4) is 0 Å². The molecule has 29 heavy (non-hydrogen) atoms. The van der Waals surface area contributed by atoms with Gasteiger partial charge in [0, 0.05) is 30.8 Å². The van der Waals surface area contributed by atoms with E-state index in [-0.39, 0.29) is 23.8 Å². The van der Waals surface area contributed by atoms with E-state index < -0.39 is 0 Å². The lowest BCUT2D eigenvalue weighted by atomic mass is 9.89. The lowest BCUT2D eigenvalue weighted by molar-refractivity contribution is -0.115. The average molecular weight is 393 g/mol. The van der Waals surface area contributed by atoms with Crippen LogP contribution in [0.1, 0.15) is 66.7 Å². The Morgan fingerprint density at radius 2 is 1.41 bits per heavy atom. The number of nitrogens with one attached hydrogen (secondary N) is 3. The average Bonchev–Trinajstić information content (AvgIpc) is 2.66. The van der Waals surface area contributed by atoms with Crippen LogP contribution < -0.4 is 16.0 Å². The van der Waals surface area contributed by atoms with Crippen molar-refractivity contribution in [1.82, 2.24) is 5.32 Å². The molecule has 0 unspecified atom stereocenters. The highest BCUT2D eigenvalue weighted by atomic mass is 16.2. The van der Waals surface area contributed by atoms with E-state index in [2.05, 4.69) is 34.1 Å². The molecule has 0 saturated carbocycles. The van der Waals surface area contributed by atoms with Crippen LogP contribution in [0, 0.1) is 0 Å². The van der Waals surface area contributed by atoms with Crippen molar-refractivity contribution in [2.45, 2.75) is 52.5 Å². The molecule has 3 rings (SSSR count). The van der Waals surface area contributed by atoms with Crippen LogP contribution >= 0.6 is 0 Å². The Kier molecular flexibility index (Phi) is 6.32. The molecule has 1 aliphatic rings. The minimum Gasteiger partial charge on any atom is -0.346 e. The molecule has 3 N–H and O–H groups in total. The first-order valence-corrected chi connectivity index (χ1v) is 9.94. The molecule has 0 aromatic heterocycles. The lowest BCUT2D eigenvalue weighted by Gasteiger charge is -2.20. The Morgan fingerprint density at radius 3 is 2.00 bits per heavy atom. The van der Waals surface area contributed by atoms with Crippen molar-refractivity contribution in [3.05, 3.63) is 58.7 Å². The van der Waals surface area contributed by atoms with E-state index >= 15 is 0 Å². The molecule has 2 aromatic rings. The summed E-state index contributed by atoms with van der Waals surface area (Å²) < 4.78 is 0. The van der Waals surface area contributed by atoms with E-state index in [1.54, 1.807) is 18.2 Å². The topological polar surface area (TPSA) is 87.3 Å². The molecule has 152 valence electrons. The van der Waals surface area contributed by atoms with Crippen LogP contribution in [-0.4, -0.2) is 17.7 Å². The Balaban J connectivity index is 1.79. The van der Waals surface area contributed by atoms with Gasteiger partial charge in [-0.1, -0.05) is 18.2 Å². The fourth-order valence-electron chi connectivity index (χ4n) is 3.70. The van der Waals surface area contributed by atoms with E-state index in [0.29, 0.717) is 16.9 Å². The maximum absolute atomic E-state index is 12.9. The molecule has 2 aromatic carbocycles. The monoisotopic (exact) mass is 393 g/mol. The van der Waals surface area contributed by atoms with Crippen LogP contribution in [-0.2, 0) is 22.4 Å². The number of fused-ring (bicyclic) bond motifs is 1. The third kappa shape index (κ3) is 5.44. The molecule has 1 atom stereocenters. The summed E-state index contributed by atoms with van der Waals surface area (Å²) in [7, 11) is 0. The number of hydrogen-bond donors (Lipinski definition) is 3. The summed E-state index contributed by atoms with van der Waals surface area (Å²) in [5.41, 5.74) is 5.12. The highest BCUT2D eigenvalue weighted by Crippen LogP contribution is 2.25. The third-order valence-corrected chi connectivity index (χ3v) is 5.06. The fraction of sp³-hybridized carbons (Fsp3) is 0.348. The summed E-state index contributed by atoms with van der Waals surface area (Å²) in [4.78, 5) is 35.7. The minimum absolute atomic E-state index is 0.164. The van der Waals surface area contributed by atoms with Crippen LogP contribution in [0.25, 0.3) is 0 Å². The summed E-state index contributed by atoms with van der Waals surface area (Å²) in [6.07, 6.45) is 4.65. The van der Waals surface area contributed by atoms with Crippen LogP contribution in [0.15, 0.2) is 36.4 Å². The molecular formula is C23H27N3O3. The quantitative estimate of drug-likeness (QED) is 0.718. The summed E-state index contributed by atoms with van der Waals surface area (Å²) in [5.74, 6) is -0.772. The Labute approximate surface area is 171 Å². The lowest BCUT2D eigenvalue weighted by Crippen LogP contribution is -2.27. The minimum atomic E-state index is -0.269. The summed E-state index contributed by atoms with van der Waals surface area (Å²) in [5, 5.41) is 8.34. The van der Waals surface area contributed by atoms with E-state index in [4.69, 9.17) is 0 Å². The summed E-state index contributed by atoms with van der Waals surface area (Å²) in [6, 6.07) is 11.1. The van der Waals surface area contributed by atoms with Gasteiger partial charge in [0.15, 0.2) is 0 Å². The molecule has 1 aliphatic carbocycles. The van der Waals surface area contributed by atoms with Gasteiger partial charge in [0.1, 0.15) is 0 Å².